The summed E-state index contributed by atoms with van der Waals surface area (Å²) < 4.78 is 27.3. The van der Waals surface area contributed by atoms with E-state index in [-0.39, 0.29) is 11.4 Å². The lowest BCUT2D eigenvalue weighted by molar-refractivity contribution is 0.466. The Morgan fingerprint density at radius 3 is 2.47 bits per heavy atom. The standard InChI is InChI=1S/C12H16N4O2S/c1-15-9-12(7-14-15)19(17,18)16(2)8-10-3-5-11(13)6-4-10/h3-7,9H,8,13H2,1-2H3. The zero-order chi connectivity index (χ0) is 14.0. The summed E-state index contributed by atoms with van der Waals surface area (Å²) in [5.41, 5.74) is 7.13. The van der Waals surface area contributed by atoms with Gasteiger partial charge in [-0.2, -0.15) is 9.40 Å². The van der Waals surface area contributed by atoms with Gasteiger partial charge in [0.1, 0.15) is 4.90 Å². The molecule has 7 heteroatoms. The Balaban J connectivity index is 2.19. The van der Waals surface area contributed by atoms with Crippen LogP contribution in [0.25, 0.3) is 0 Å². The summed E-state index contributed by atoms with van der Waals surface area (Å²) in [5.74, 6) is 0. The molecule has 2 rings (SSSR count). The molecule has 19 heavy (non-hydrogen) atoms. The van der Waals surface area contributed by atoms with E-state index in [1.807, 2.05) is 12.1 Å². The molecule has 1 aromatic carbocycles. The van der Waals surface area contributed by atoms with E-state index in [1.54, 1.807) is 26.2 Å². The third kappa shape index (κ3) is 2.94. The summed E-state index contributed by atoms with van der Waals surface area (Å²) in [4.78, 5) is 0.188. The van der Waals surface area contributed by atoms with E-state index in [0.717, 1.165) is 5.56 Å². The summed E-state index contributed by atoms with van der Waals surface area (Å²) in [5, 5.41) is 3.88. The summed E-state index contributed by atoms with van der Waals surface area (Å²) in [7, 11) is -0.288. The van der Waals surface area contributed by atoms with Crippen LogP contribution < -0.4 is 5.73 Å². The second-order valence-corrected chi connectivity index (χ2v) is 6.40. The number of nitrogens with two attached hydrogens (primary N) is 1. The van der Waals surface area contributed by atoms with Crippen molar-refractivity contribution in [2.24, 2.45) is 7.05 Å². The van der Waals surface area contributed by atoms with Crippen molar-refractivity contribution in [3.8, 4) is 0 Å². The summed E-state index contributed by atoms with van der Waals surface area (Å²) in [6, 6.07) is 7.12. The average molecular weight is 280 g/mol. The Morgan fingerprint density at radius 2 is 1.95 bits per heavy atom. The maximum absolute atomic E-state index is 12.3. The van der Waals surface area contributed by atoms with Crippen LogP contribution in [-0.2, 0) is 23.6 Å². The van der Waals surface area contributed by atoms with Crippen LogP contribution in [0.5, 0.6) is 0 Å². The van der Waals surface area contributed by atoms with Gasteiger partial charge in [-0.05, 0) is 17.7 Å². The molecule has 0 saturated carbocycles. The minimum absolute atomic E-state index is 0.188. The van der Waals surface area contributed by atoms with E-state index in [2.05, 4.69) is 5.10 Å². The Kier molecular flexibility index (Phi) is 3.59. The molecule has 1 heterocycles. The third-order valence-electron chi connectivity index (χ3n) is 2.77. The van der Waals surface area contributed by atoms with E-state index in [1.165, 1.54) is 21.4 Å². The lowest BCUT2D eigenvalue weighted by Crippen LogP contribution is -2.26. The Hall–Kier alpha value is -1.86. The molecule has 2 aromatic rings. The smallest absolute Gasteiger partial charge is 0.246 e. The molecular formula is C12H16N4O2S. The van der Waals surface area contributed by atoms with Crippen LogP contribution in [0.1, 0.15) is 5.56 Å². The molecule has 0 aliphatic carbocycles. The van der Waals surface area contributed by atoms with Crippen LogP contribution >= 0.6 is 0 Å². The van der Waals surface area contributed by atoms with Crippen molar-refractivity contribution in [3.05, 3.63) is 42.2 Å². The number of hydrogen-bond acceptors (Lipinski definition) is 4. The Labute approximate surface area is 112 Å². The number of hydrogen-bond donors (Lipinski definition) is 1. The van der Waals surface area contributed by atoms with Crippen LogP contribution in [0.2, 0.25) is 0 Å². The molecule has 6 nitrogen and oxygen atoms in total. The van der Waals surface area contributed by atoms with Crippen molar-refractivity contribution >= 4 is 15.7 Å². The Bertz CT molecular complexity index is 661. The lowest BCUT2D eigenvalue weighted by atomic mass is 10.2. The van der Waals surface area contributed by atoms with Gasteiger partial charge in [-0.15, -0.1) is 0 Å². The van der Waals surface area contributed by atoms with Gasteiger partial charge in [0.15, 0.2) is 0 Å². The number of sulfonamides is 1. The first-order chi connectivity index (χ1) is 8.89. The maximum Gasteiger partial charge on any atom is 0.246 e. The van der Waals surface area contributed by atoms with Crippen molar-refractivity contribution in [3.63, 3.8) is 0 Å². The van der Waals surface area contributed by atoms with E-state index in [4.69, 9.17) is 5.73 Å². The highest BCUT2D eigenvalue weighted by atomic mass is 32.2. The number of benzene rings is 1. The highest BCUT2D eigenvalue weighted by molar-refractivity contribution is 7.89. The first kappa shape index (κ1) is 13.6. The number of aromatic nitrogens is 2. The highest BCUT2D eigenvalue weighted by Crippen LogP contribution is 2.16. The van der Waals surface area contributed by atoms with Crippen molar-refractivity contribution in [1.82, 2.24) is 14.1 Å². The Morgan fingerprint density at radius 1 is 1.32 bits per heavy atom. The molecule has 0 radical (unpaired) electrons. The first-order valence-corrected chi connectivity index (χ1v) is 7.13. The van der Waals surface area contributed by atoms with Gasteiger partial charge in [0.25, 0.3) is 0 Å². The fraction of sp³-hybridized carbons (Fsp3) is 0.250. The molecule has 0 amide bonds. The zero-order valence-corrected chi connectivity index (χ0v) is 11.6. The van der Waals surface area contributed by atoms with Crippen molar-refractivity contribution < 1.29 is 8.42 Å². The molecule has 0 aliphatic rings. The van der Waals surface area contributed by atoms with Gasteiger partial charge in [0.2, 0.25) is 10.0 Å². The molecule has 0 aliphatic heterocycles. The first-order valence-electron chi connectivity index (χ1n) is 5.69. The van der Waals surface area contributed by atoms with Gasteiger partial charge in [0.05, 0.1) is 6.20 Å². The molecule has 0 fully saturated rings. The van der Waals surface area contributed by atoms with Gasteiger partial charge < -0.3 is 5.73 Å². The normalized spacial score (nSPS) is 11.9. The largest absolute Gasteiger partial charge is 0.399 e. The summed E-state index contributed by atoms with van der Waals surface area (Å²) in [6.45, 7) is 0.289. The van der Waals surface area contributed by atoms with Crippen LogP contribution in [0, 0.1) is 0 Å². The molecule has 0 bridgehead atoms. The highest BCUT2D eigenvalue weighted by Gasteiger charge is 2.22. The maximum atomic E-state index is 12.3. The average Bonchev–Trinajstić information content (AvgIpc) is 2.79. The monoisotopic (exact) mass is 280 g/mol. The van der Waals surface area contributed by atoms with Gasteiger partial charge in [-0.3, -0.25) is 4.68 Å². The molecule has 1 aromatic heterocycles. The molecular weight excluding hydrogens is 264 g/mol. The third-order valence-corrected chi connectivity index (χ3v) is 4.53. The quantitative estimate of drug-likeness (QED) is 0.841. The summed E-state index contributed by atoms with van der Waals surface area (Å²) >= 11 is 0. The molecule has 0 spiro atoms. The van der Waals surface area contributed by atoms with Crippen LogP contribution in [0.4, 0.5) is 5.69 Å². The molecule has 0 atom stereocenters. The van der Waals surface area contributed by atoms with E-state index < -0.39 is 10.0 Å². The number of rotatable bonds is 4. The molecule has 102 valence electrons. The van der Waals surface area contributed by atoms with Crippen molar-refractivity contribution in [2.75, 3.05) is 12.8 Å². The van der Waals surface area contributed by atoms with Crippen LogP contribution in [0.15, 0.2) is 41.6 Å². The van der Waals surface area contributed by atoms with Crippen LogP contribution in [-0.4, -0.2) is 29.6 Å². The molecule has 0 saturated heterocycles. The van der Waals surface area contributed by atoms with Gasteiger partial charge in [-0.25, -0.2) is 8.42 Å². The van der Waals surface area contributed by atoms with Gasteiger partial charge in [0, 0.05) is 32.5 Å². The van der Waals surface area contributed by atoms with E-state index in [0.29, 0.717) is 5.69 Å². The molecule has 2 N–H and O–H groups in total. The number of aryl methyl sites for hydroxylation is 1. The van der Waals surface area contributed by atoms with Gasteiger partial charge in [-0.1, -0.05) is 12.1 Å². The minimum Gasteiger partial charge on any atom is -0.399 e. The second-order valence-electron chi connectivity index (χ2n) is 4.35. The van der Waals surface area contributed by atoms with Crippen molar-refractivity contribution in [2.45, 2.75) is 11.4 Å². The number of anilines is 1. The zero-order valence-electron chi connectivity index (χ0n) is 10.8. The molecule has 0 unspecified atom stereocenters. The topological polar surface area (TPSA) is 81.2 Å². The SMILES string of the molecule is CN(Cc1ccc(N)cc1)S(=O)(=O)c1cnn(C)c1. The minimum atomic E-state index is -3.51. The second kappa shape index (κ2) is 5.02. The van der Waals surface area contributed by atoms with E-state index >= 15 is 0 Å². The van der Waals surface area contributed by atoms with Gasteiger partial charge >= 0.3 is 0 Å². The predicted octanol–water partition coefficient (Wildman–Crippen LogP) is 0.823. The van der Waals surface area contributed by atoms with E-state index in [9.17, 15) is 8.42 Å². The fourth-order valence-corrected chi connectivity index (χ4v) is 2.82. The lowest BCUT2D eigenvalue weighted by Gasteiger charge is -2.16. The summed E-state index contributed by atoms with van der Waals surface area (Å²) in [6.07, 6.45) is 2.82. The number of nitrogens with zero attached hydrogens (tertiary/aromatic N) is 3. The van der Waals surface area contributed by atoms with Crippen LogP contribution in [0.3, 0.4) is 0 Å². The fourth-order valence-electron chi connectivity index (χ4n) is 1.68. The predicted molar refractivity (Wildman–Crippen MR) is 72.7 cm³/mol. The number of nitrogen functional groups attached to an aromatic ring is 1. The van der Waals surface area contributed by atoms with Crippen molar-refractivity contribution in [1.29, 1.82) is 0 Å².